The molecule has 0 bridgehead atoms. The highest BCUT2D eigenvalue weighted by atomic mass is 19.1. The molecule has 0 aliphatic carbocycles. The third kappa shape index (κ3) is 2.87. The SMILES string of the molecule is CCCC(=O)c1ccc(B(O)O)c(F)c1. The van der Waals surface area contributed by atoms with Gasteiger partial charge in [0.2, 0.25) is 0 Å². The first-order chi connectivity index (χ1) is 7.06. The van der Waals surface area contributed by atoms with Gasteiger partial charge in [-0.25, -0.2) is 4.39 Å². The summed E-state index contributed by atoms with van der Waals surface area (Å²) in [5, 5.41) is 17.5. The molecule has 0 fully saturated rings. The van der Waals surface area contributed by atoms with Gasteiger partial charge in [0.1, 0.15) is 5.82 Å². The third-order valence-corrected chi connectivity index (χ3v) is 2.08. The Bertz CT molecular complexity index is 366. The average molecular weight is 210 g/mol. The summed E-state index contributed by atoms with van der Waals surface area (Å²) in [4.78, 5) is 11.4. The molecule has 0 amide bonds. The summed E-state index contributed by atoms with van der Waals surface area (Å²) >= 11 is 0. The number of carbonyl (C=O) groups excluding carboxylic acids is 1. The zero-order valence-electron chi connectivity index (χ0n) is 8.40. The van der Waals surface area contributed by atoms with Crippen molar-refractivity contribution in [2.75, 3.05) is 0 Å². The van der Waals surface area contributed by atoms with Gasteiger partial charge in [-0.2, -0.15) is 0 Å². The van der Waals surface area contributed by atoms with Crippen molar-refractivity contribution in [1.29, 1.82) is 0 Å². The molecule has 0 unspecified atom stereocenters. The van der Waals surface area contributed by atoms with Crippen molar-refractivity contribution in [2.45, 2.75) is 19.8 Å². The Hall–Kier alpha value is -1.20. The van der Waals surface area contributed by atoms with Crippen molar-refractivity contribution in [3.63, 3.8) is 0 Å². The number of ketones is 1. The third-order valence-electron chi connectivity index (χ3n) is 2.08. The molecule has 3 nitrogen and oxygen atoms in total. The van der Waals surface area contributed by atoms with Crippen LogP contribution >= 0.6 is 0 Å². The van der Waals surface area contributed by atoms with Crippen LogP contribution < -0.4 is 5.46 Å². The van der Waals surface area contributed by atoms with Gasteiger partial charge in [0.05, 0.1) is 0 Å². The molecule has 15 heavy (non-hydrogen) atoms. The topological polar surface area (TPSA) is 57.5 Å². The number of hydrogen-bond donors (Lipinski definition) is 2. The molecule has 5 heteroatoms. The van der Waals surface area contributed by atoms with E-state index in [1.165, 1.54) is 12.1 Å². The van der Waals surface area contributed by atoms with Crippen molar-refractivity contribution in [3.05, 3.63) is 29.6 Å². The first-order valence-corrected chi connectivity index (χ1v) is 4.75. The molecule has 0 aliphatic rings. The molecule has 0 aliphatic heterocycles. The summed E-state index contributed by atoms with van der Waals surface area (Å²) in [6.07, 6.45) is 1.06. The van der Waals surface area contributed by atoms with Crippen molar-refractivity contribution in [2.24, 2.45) is 0 Å². The van der Waals surface area contributed by atoms with Crippen LogP contribution in [0, 0.1) is 5.82 Å². The molecule has 1 rings (SSSR count). The lowest BCUT2D eigenvalue weighted by atomic mass is 9.79. The van der Waals surface area contributed by atoms with Gasteiger partial charge >= 0.3 is 7.12 Å². The van der Waals surface area contributed by atoms with E-state index in [4.69, 9.17) is 10.0 Å². The molecule has 2 N–H and O–H groups in total. The second kappa shape index (κ2) is 5.05. The molecule has 1 aromatic carbocycles. The molecule has 80 valence electrons. The number of benzene rings is 1. The van der Waals surface area contributed by atoms with Crippen LogP contribution in [0.5, 0.6) is 0 Å². The number of carbonyl (C=O) groups is 1. The minimum atomic E-state index is -1.85. The van der Waals surface area contributed by atoms with Gasteiger partial charge in [0.15, 0.2) is 5.78 Å². The molecule has 0 heterocycles. The maximum atomic E-state index is 13.2. The quantitative estimate of drug-likeness (QED) is 0.561. The standard InChI is InChI=1S/C10H12BFO3/c1-2-3-10(13)7-4-5-8(11(14)15)9(12)6-7/h4-6,14-15H,2-3H2,1H3. The van der Waals surface area contributed by atoms with E-state index in [1.807, 2.05) is 6.92 Å². The van der Waals surface area contributed by atoms with Crippen molar-refractivity contribution < 1.29 is 19.2 Å². The van der Waals surface area contributed by atoms with Crippen molar-refractivity contribution >= 4 is 18.4 Å². The van der Waals surface area contributed by atoms with Gasteiger partial charge in [-0.3, -0.25) is 4.79 Å². The van der Waals surface area contributed by atoms with E-state index in [0.717, 1.165) is 6.07 Å². The van der Waals surface area contributed by atoms with Gasteiger partial charge in [-0.15, -0.1) is 0 Å². The highest BCUT2D eigenvalue weighted by Gasteiger charge is 2.17. The summed E-state index contributed by atoms with van der Waals surface area (Å²) in [6.45, 7) is 1.86. The van der Waals surface area contributed by atoms with Crippen LogP contribution in [0.4, 0.5) is 4.39 Å². The molecule has 0 saturated carbocycles. The fraction of sp³-hybridized carbons (Fsp3) is 0.300. The van der Waals surface area contributed by atoms with E-state index in [-0.39, 0.29) is 16.8 Å². The maximum absolute atomic E-state index is 13.2. The van der Waals surface area contributed by atoms with E-state index < -0.39 is 12.9 Å². The second-order valence-corrected chi connectivity index (χ2v) is 3.28. The van der Waals surface area contributed by atoms with Gasteiger partial charge in [-0.1, -0.05) is 19.1 Å². The van der Waals surface area contributed by atoms with Crippen LogP contribution in [0.3, 0.4) is 0 Å². The average Bonchev–Trinajstić information content (AvgIpc) is 2.17. The van der Waals surface area contributed by atoms with Gasteiger partial charge < -0.3 is 10.0 Å². The highest BCUT2D eigenvalue weighted by molar-refractivity contribution is 6.58. The minimum Gasteiger partial charge on any atom is -0.423 e. The van der Waals surface area contributed by atoms with E-state index >= 15 is 0 Å². The van der Waals surface area contributed by atoms with Crippen LogP contribution in [0.2, 0.25) is 0 Å². The lowest BCUT2D eigenvalue weighted by Crippen LogP contribution is -2.32. The Morgan fingerprint density at radius 3 is 2.60 bits per heavy atom. The Morgan fingerprint density at radius 1 is 1.47 bits per heavy atom. The Morgan fingerprint density at radius 2 is 2.13 bits per heavy atom. The lowest BCUT2D eigenvalue weighted by molar-refractivity contribution is 0.0981. The molecular formula is C10H12BFO3. The van der Waals surface area contributed by atoms with Crippen LogP contribution in [0.25, 0.3) is 0 Å². The second-order valence-electron chi connectivity index (χ2n) is 3.28. The zero-order chi connectivity index (χ0) is 11.4. The zero-order valence-corrected chi connectivity index (χ0v) is 8.40. The highest BCUT2D eigenvalue weighted by Crippen LogP contribution is 2.06. The number of Topliss-reactive ketones (excluding diaryl/α,β-unsaturated/α-hetero) is 1. The van der Waals surface area contributed by atoms with Crippen molar-refractivity contribution in [1.82, 2.24) is 0 Å². The normalized spacial score (nSPS) is 10.1. The smallest absolute Gasteiger partial charge is 0.423 e. The first kappa shape index (κ1) is 11.9. The number of rotatable bonds is 4. The Labute approximate surface area is 87.7 Å². The summed E-state index contributed by atoms with van der Waals surface area (Å²) in [5.74, 6) is -0.915. The maximum Gasteiger partial charge on any atom is 0.491 e. The van der Waals surface area contributed by atoms with Crippen LogP contribution in [0.1, 0.15) is 30.1 Å². The lowest BCUT2D eigenvalue weighted by Gasteiger charge is -2.04. The summed E-state index contributed by atoms with van der Waals surface area (Å²) in [5.41, 5.74) is 0.0433. The first-order valence-electron chi connectivity index (χ1n) is 4.75. The molecule has 1 aromatic rings. The van der Waals surface area contributed by atoms with Crippen LogP contribution in [-0.2, 0) is 0 Å². The fourth-order valence-electron chi connectivity index (χ4n) is 1.28. The molecule has 0 spiro atoms. The van der Waals surface area contributed by atoms with E-state index in [2.05, 4.69) is 0 Å². The largest absolute Gasteiger partial charge is 0.491 e. The number of halogens is 1. The molecule has 0 radical (unpaired) electrons. The van der Waals surface area contributed by atoms with Crippen LogP contribution in [-0.4, -0.2) is 22.9 Å². The summed E-state index contributed by atoms with van der Waals surface area (Å²) in [6, 6.07) is 3.64. The van der Waals surface area contributed by atoms with Crippen LogP contribution in [0.15, 0.2) is 18.2 Å². The molecular weight excluding hydrogens is 198 g/mol. The van der Waals surface area contributed by atoms with E-state index in [0.29, 0.717) is 12.8 Å². The monoisotopic (exact) mass is 210 g/mol. The van der Waals surface area contributed by atoms with Gasteiger partial charge in [0.25, 0.3) is 0 Å². The van der Waals surface area contributed by atoms with Gasteiger partial charge in [0, 0.05) is 17.4 Å². The summed E-state index contributed by atoms with van der Waals surface area (Å²) < 4.78 is 13.2. The Balaban J connectivity index is 2.96. The Kier molecular flexibility index (Phi) is 4.00. The van der Waals surface area contributed by atoms with E-state index in [1.54, 1.807) is 0 Å². The molecule has 0 atom stereocenters. The predicted molar refractivity (Wildman–Crippen MR) is 55.5 cm³/mol. The molecule has 0 saturated heterocycles. The fourth-order valence-corrected chi connectivity index (χ4v) is 1.28. The minimum absolute atomic E-state index is 0.143. The summed E-state index contributed by atoms with van der Waals surface area (Å²) in [7, 11) is -1.85. The predicted octanol–water partition coefficient (Wildman–Crippen LogP) is 0.488. The van der Waals surface area contributed by atoms with E-state index in [9.17, 15) is 9.18 Å². The number of hydrogen-bond acceptors (Lipinski definition) is 3. The van der Waals surface area contributed by atoms with Gasteiger partial charge in [-0.05, 0) is 12.5 Å². The molecule has 0 aromatic heterocycles. The van der Waals surface area contributed by atoms with Crippen molar-refractivity contribution in [3.8, 4) is 0 Å².